The Morgan fingerprint density at radius 1 is 1.28 bits per heavy atom. The number of rotatable bonds is 3. The van der Waals surface area contributed by atoms with Crippen LogP contribution in [0.25, 0.3) is 0 Å². The lowest BCUT2D eigenvalue weighted by Gasteiger charge is -2.27. The predicted molar refractivity (Wildman–Crippen MR) is 62.0 cm³/mol. The van der Waals surface area contributed by atoms with E-state index >= 15 is 0 Å². The summed E-state index contributed by atoms with van der Waals surface area (Å²) in [7, 11) is 0. The Morgan fingerprint density at radius 2 is 1.89 bits per heavy atom. The molecule has 1 heterocycles. The maximum atomic E-state index is 12.8. The zero-order valence-corrected chi connectivity index (χ0v) is 10.3. The number of aliphatic hydroxyl groups is 1. The molecule has 1 aromatic carbocycles. The van der Waals surface area contributed by atoms with Gasteiger partial charge in [0.05, 0.1) is 11.6 Å². The lowest BCUT2D eigenvalue weighted by molar-refractivity contribution is -0.286. The van der Waals surface area contributed by atoms with Crippen LogP contribution < -0.4 is 14.8 Å². The van der Waals surface area contributed by atoms with Gasteiger partial charge in [-0.05, 0) is 32.9 Å². The highest BCUT2D eigenvalue weighted by atomic mass is 19.3. The number of alkyl halides is 2. The summed E-state index contributed by atoms with van der Waals surface area (Å²) in [6, 6.07) is 4.15. The fourth-order valence-electron chi connectivity index (χ4n) is 1.47. The van der Waals surface area contributed by atoms with Crippen LogP contribution in [0.4, 0.5) is 14.5 Å². The fourth-order valence-corrected chi connectivity index (χ4v) is 1.47. The summed E-state index contributed by atoms with van der Waals surface area (Å²) in [4.78, 5) is 0. The molecule has 1 aliphatic heterocycles. The molecule has 6 heteroatoms. The van der Waals surface area contributed by atoms with Crippen molar-refractivity contribution in [1.82, 2.24) is 0 Å². The van der Waals surface area contributed by atoms with Crippen molar-refractivity contribution in [2.24, 2.45) is 0 Å². The fraction of sp³-hybridized carbons (Fsp3) is 0.500. The van der Waals surface area contributed by atoms with E-state index < -0.39 is 11.9 Å². The molecule has 100 valence electrons. The van der Waals surface area contributed by atoms with Gasteiger partial charge in [0.25, 0.3) is 0 Å². The first kappa shape index (κ1) is 12.9. The molecule has 2 N–H and O–H groups in total. The minimum atomic E-state index is -3.61. The summed E-state index contributed by atoms with van der Waals surface area (Å²) in [6.45, 7) is 5.11. The summed E-state index contributed by atoms with van der Waals surface area (Å²) >= 11 is 0. The first-order valence-electron chi connectivity index (χ1n) is 5.56. The number of fused-ring (bicyclic) bond motifs is 1. The Labute approximate surface area is 104 Å². The van der Waals surface area contributed by atoms with E-state index in [1.807, 2.05) is 0 Å². The molecular weight excluding hydrogens is 244 g/mol. The standard InChI is InChI=1S/C12H15F2NO3/c1-7(11(2,3)16)15-8-4-5-9-10(6-8)18-12(13,14)17-9/h4-7,15-16H,1-3H3. The van der Waals surface area contributed by atoms with Gasteiger partial charge in [-0.3, -0.25) is 0 Å². The van der Waals surface area contributed by atoms with Gasteiger partial charge in [0.2, 0.25) is 0 Å². The lowest BCUT2D eigenvalue weighted by atomic mass is 10.0. The van der Waals surface area contributed by atoms with Crippen LogP contribution in [0.5, 0.6) is 11.5 Å². The summed E-state index contributed by atoms with van der Waals surface area (Å²) in [5, 5.41) is 12.8. The van der Waals surface area contributed by atoms with Gasteiger partial charge in [-0.15, -0.1) is 8.78 Å². The van der Waals surface area contributed by atoms with Gasteiger partial charge in [-0.25, -0.2) is 0 Å². The number of nitrogens with one attached hydrogen (secondary N) is 1. The van der Waals surface area contributed by atoms with Gasteiger partial charge in [-0.1, -0.05) is 0 Å². The van der Waals surface area contributed by atoms with Crippen LogP contribution in [0.15, 0.2) is 18.2 Å². The molecule has 0 amide bonds. The topological polar surface area (TPSA) is 50.7 Å². The van der Waals surface area contributed by atoms with Crippen molar-refractivity contribution < 1.29 is 23.4 Å². The molecule has 0 spiro atoms. The lowest BCUT2D eigenvalue weighted by Crippen LogP contribution is -2.39. The molecule has 0 bridgehead atoms. The first-order valence-corrected chi connectivity index (χ1v) is 5.56. The van der Waals surface area contributed by atoms with Crippen LogP contribution in [-0.4, -0.2) is 23.0 Å². The summed E-state index contributed by atoms with van der Waals surface area (Å²) in [5.41, 5.74) is -0.356. The third-order valence-corrected chi connectivity index (χ3v) is 2.84. The van der Waals surface area contributed by atoms with Gasteiger partial charge in [0.15, 0.2) is 11.5 Å². The molecule has 2 rings (SSSR count). The van der Waals surface area contributed by atoms with Crippen molar-refractivity contribution in [3.63, 3.8) is 0 Å². The number of halogens is 2. The molecule has 0 aromatic heterocycles. The Hall–Kier alpha value is -1.56. The zero-order chi connectivity index (χ0) is 13.6. The molecule has 0 fully saturated rings. The molecular formula is C12H15F2NO3. The highest BCUT2D eigenvalue weighted by Crippen LogP contribution is 2.42. The molecule has 0 radical (unpaired) electrons. The molecule has 18 heavy (non-hydrogen) atoms. The average molecular weight is 259 g/mol. The van der Waals surface area contributed by atoms with E-state index in [4.69, 9.17) is 0 Å². The van der Waals surface area contributed by atoms with Crippen LogP contribution in [-0.2, 0) is 0 Å². The smallest absolute Gasteiger partial charge is 0.395 e. The van der Waals surface area contributed by atoms with Gasteiger partial charge in [0, 0.05) is 11.8 Å². The molecule has 1 atom stereocenters. The molecule has 1 aliphatic rings. The number of benzene rings is 1. The molecule has 1 aromatic rings. The minimum Gasteiger partial charge on any atom is -0.395 e. The summed E-state index contributed by atoms with van der Waals surface area (Å²) in [6.07, 6.45) is -3.61. The monoisotopic (exact) mass is 259 g/mol. The van der Waals surface area contributed by atoms with Crippen LogP contribution in [0.2, 0.25) is 0 Å². The van der Waals surface area contributed by atoms with Crippen molar-refractivity contribution in [2.45, 2.75) is 38.7 Å². The summed E-state index contributed by atoms with van der Waals surface area (Å²) in [5.74, 6) is -0.0191. The zero-order valence-electron chi connectivity index (χ0n) is 10.3. The largest absolute Gasteiger partial charge is 0.586 e. The Bertz CT molecular complexity index is 457. The SMILES string of the molecule is CC(Nc1ccc2c(c1)OC(F)(F)O2)C(C)(C)O. The second kappa shape index (κ2) is 3.98. The Morgan fingerprint density at radius 3 is 2.50 bits per heavy atom. The molecule has 4 nitrogen and oxygen atoms in total. The van der Waals surface area contributed by atoms with Gasteiger partial charge >= 0.3 is 6.29 Å². The van der Waals surface area contributed by atoms with E-state index in [9.17, 15) is 13.9 Å². The highest BCUT2D eigenvalue weighted by Gasteiger charge is 2.43. The normalized spacial score (nSPS) is 18.6. The Balaban J connectivity index is 2.15. The molecule has 0 aliphatic carbocycles. The van der Waals surface area contributed by atoms with Gasteiger partial charge in [-0.2, -0.15) is 0 Å². The number of ether oxygens (including phenoxy) is 2. The second-order valence-electron chi connectivity index (χ2n) is 4.85. The maximum absolute atomic E-state index is 12.8. The van der Waals surface area contributed by atoms with Crippen molar-refractivity contribution in [3.05, 3.63) is 18.2 Å². The van der Waals surface area contributed by atoms with Crippen LogP contribution in [0, 0.1) is 0 Å². The molecule has 0 saturated carbocycles. The quantitative estimate of drug-likeness (QED) is 0.876. The van der Waals surface area contributed by atoms with Crippen LogP contribution in [0.3, 0.4) is 0 Å². The van der Waals surface area contributed by atoms with Crippen molar-refractivity contribution >= 4 is 5.69 Å². The van der Waals surface area contributed by atoms with E-state index in [1.54, 1.807) is 26.8 Å². The van der Waals surface area contributed by atoms with Crippen molar-refractivity contribution in [2.75, 3.05) is 5.32 Å². The van der Waals surface area contributed by atoms with Gasteiger partial charge in [0.1, 0.15) is 0 Å². The van der Waals surface area contributed by atoms with Crippen molar-refractivity contribution in [1.29, 1.82) is 0 Å². The Kier molecular flexibility index (Phi) is 2.85. The second-order valence-corrected chi connectivity index (χ2v) is 4.85. The van der Waals surface area contributed by atoms with Crippen molar-refractivity contribution in [3.8, 4) is 11.5 Å². The number of hydrogen-bond donors (Lipinski definition) is 2. The maximum Gasteiger partial charge on any atom is 0.586 e. The van der Waals surface area contributed by atoms with E-state index in [1.165, 1.54) is 12.1 Å². The number of anilines is 1. The van der Waals surface area contributed by atoms with E-state index in [0.29, 0.717) is 5.69 Å². The van der Waals surface area contributed by atoms with E-state index in [-0.39, 0.29) is 17.5 Å². The van der Waals surface area contributed by atoms with Gasteiger partial charge < -0.3 is 19.9 Å². The van der Waals surface area contributed by atoms with Crippen LogP contribution in [0.1, 0.15) is 20.8 Å². The summed E-state index contributed by atoms with van der Waals surface area (Å²) < 4.78 is 34.3. The third kappa shape index (κ3) is 2.64. The third-order valence-electron chi connectivity index (χ3n) is 2.84. The molecule has 1 unspecified atom stereocenters. The number of hydrogen-bond acceptors (Lipinski definition) is 4. The van der Waals surface area contributed by atoms with Crippen LogP contribution >= 0.6 is 0 Å². The minimum absolute atomic E-state index is 0.00135. The average Bonchev–Trinajstić information content (AvgIpc) is 2.49. The highest BCUT2D eigenvalue weighted by molar-refractivity contribution is 5.56. The molecule has 0 saturated heterocycles. The van der Waals surface area contributed by atoms with E-state index in [2.05, 4.69) is 14.8 Å². The van der Waals surface area contributed by atoms with E-state index in [0.717, 1.165) is 0 Å². The first-order chi connectivity index (χ1) is 8.17. The predicted octanol–water partition coefficient (Wildman–Crippen LogP) is 2.58.